The SMILES string of the molecule is CCNCC(=Cc1ccncn1)C1CCCCC1. The molecule has 1 aliphatic carbocycles. The lowest BCUT2D eigenvalue weighted by Gasteiger charge is -2.24. The summed E-state index contributed by atoms with van der Waals surface area (Å²) in [6.07, 6.45) is 12.5. The van der Waals surface area contributed by atoms with Crippen LogP contribution >= 0.6 is 0 Å². The summed E-state index contributed by atoms with van der Waals surface area (Å²) in [4.78, 5) is 8.28. The third-order valence-corrected chi connectivity index (χ3v) is 3.65. The number of nitrogens with one attached hydrogen (secondary N) is 1. The topological polar surface area (TPSA) is 37.8 Å². The third kappa shape index (κ3) is 3.91. The minimum absolute atomic E-state index is 0.743. The Morgan fingerprint density at radius 2 is 2.22 bits per heavy atom. The zero-order chi connectivity index (χ0) is 12.6. The Bertz CT molecular complexity index is 367. The van der Waals surface area contributed by atoms with Gasteiger partial charge in [0.2, 0.25) is 0 Å². The number of nitrogens with zero attached hydrogens (tertiary/aromatic N) is 2. The van der Waals surface area contributed by atoms with E-state index in [-0.39, 0.29) is 0 Å². The fraction of sp³-hybridized carbons (Fsp3) is 0.600. The number of rotatable bonds is 5. The standard InChI is InChI=1S/C15H23N3/c1-2-16-11-14(13-6-4-3-5-7-13)10-15-8-9-17-12-18-15/h8-10,12-13,16H,2-7,11H2,1H3. The number of likely N-dealkylation sites (N-methyl/N-ethyl adjacent to an activating group) is 1. The first-order valence-corrected chi connectivity index (χ1v) is 7.07. The summed E-state index contributed by atoms with van der Waals surface area (Å²) >= 11 is 0. The Hall–Kier alpha value is -1.22. The summed E-state index contributed by atoms with van der Waals surface area (Å²) in [6.45, 7) is 4.17. The molecule has 1 aromatic heterocycles. The van der Waals surface area contributed by atoms with Gasteiger partial charge < -0.3 is 5.32 Å². The summed E-state index contributed by atoms with van der Waals surface area (Å²) < 4.78 is 0. The van der Waals surface area contributed by atoms with Gasteiger partial charge in [0.15, 0.2) is 0 Å². The molecule has 1 N–H and O–H groups in total. The summed E-state index contributed by atoms with van der Waals surface area (Å²) in [5.41, 5.74) is 2.54. The van der Waals surface area contributed by atoms with Gasteiger partial charge in [0.25, 0.3) is 0 Å². The van der Waals surface area contributed by atoms with Crippen molar-refractivity contribution in [3.05, 3.63) is 29.9 Å². The van der Waals surface area contributed by atoms with Crippen LogP contribution in [0.25, 0.3) is 6.08 Å². The molecule has 3 nitrogen and oxygen atoms in total. The maximum Gasteiger partial charge on any atom is 0.115 e. The quantitative estimate of drug-likeness (QED) is 0.866. The second-order valence-corrected chi connectivity index (χ2v) is 4.97. The van der Waals surface area contributed by atoms with Crippen molar-refractivity contribution < 1.29 is 0 Å². The molecule has 0 aromatic carbocycles. The molecule has 0 spiro atoms. The molecule has 0 radical (unpaired) electrons. The van der Waals surface area contributed by atoms with Crippen LogP contribution in [-0.4, -0.2) is 23.1 Å². The van der Waals surface area contributed by atoms with E-state index in [1.165, 1.54) is 37.7 Å². The molecular formula is C15H23N3. The molecule has 1 fully saturated rings. The van der Waals surface area contributed by atoms with Crippen molar-refractivity contribution in [2.75, 3.05) is 13.1 Å². The molecule has 0 aliphatic heterocycles. The van der Waals surface area contributed by atoms with Crippen LogP contribution < -0.4 is 5.32 Å². The van der Waals surface area contributed by atoms with Gasteiger partial charge in [0.05, 0.1) is 5.69 Å². The second kappa shape index (κ2) is 7.27. The van der Waals surface area contributed by atoms with E-state index in [4.69, 9.17) is 0 Å². The fourth-order valence-electron chi connectivity index (χ4n) is 2.63. The van der Waals surface area contributed by atoms with Crippen molar-refractivity contribution in [3.8, 4) is 0 Å². The van der Waals surface area contributed by atoms with E-state index in [2.05, 4.69) is 28.3 Å². The zero-order valence-corrected chi connectivity index (χ0v) is 11.2. The minimum atomic E-state index is 0.743. The van der Waals surface area contributed by atoms with Crippen LogP contribution in [0.2, 0.25) is 0 Å². The van der Waals surface area contributed by atoms with Gasteiger partial charge in [-0.25, -0.2) is 9.97 Å². The van der Waals surface area contributed by atoms with Gasteiger partial charge in [-0.2, -0.15) is 0 Å². The summed E-state index contributed by atoms with van der Waals surface area (Å²) in [5.74, 6) is 0.743. The molecule has 1 saturated carbocycles. The van der Waals surface area contributed by atoms with Crippen LogP contribution in [0.1, 0.15) is 44.7 Å². The first-order valence-electron chi connectivity index (χ1n) is 7.07. The maximum absolute atomic E-state index is 4.31. The first-order chi connectivity index (χ1) is 8.90. The number of aromatic nitrogens is 2. The Morgan fingerprint density at radius 3 is 2.89 bits per heavy atom. The Balaban J connectivity index is 2.10. The van der Waals surface area contributed by atoms with Crippen molar-refractivity contribution in [1.29, 1.82) is 0 Å². The Labute approximate surface area is 110 Å². The van der Waals surface area contributed by atoms with Gasteiger partial charge in [0, 0.05) is 12.7 Å². The fourth-order valence-corrected chi connectivity index (χ4v) is 2.63. The molecular weight excluding hydrogens is 222 g/mol. The highest BCUT2D eigenvalue weighted by Crippen LogP contribution is 2.30. The summed E-state index contributed by atoms with van der Waals surface area (Å²) in [6, 6.07) is 1.98. The van der Waals surface area contributed by atoms with Crippen molar-refractivity contribution in [3.63, 3.8) is 0 Å². The highest BCUT2D eigenvalue weighted by Gasteiger charge is 2.17. The van der Waals surface area contributed by atoms with E-state index in [1.807, 2.05) is 12.3 Å². The van der Waals surface area contributed by atoms with Crippen LogP contribution in [0.4, 0.5) is 0 Å². The van der Waals surface area contributed by atoms with Gasteiger partial charge >= 0.3 is 0 Å². The highest BCUT2D eigenvalue weighted by molar-refractivity contribution is 5.49. The van der Waals surface area contributed by atoms with Gasteiger partial charge in [0.1, 0.15) is 6.33 Å². The van der Waals surface area contributed by atoms with E-state index < -0.39 is 0 Å². The molecule has 0 bridgehead atoms. The molecule has 0 amide bonds. The highest BCUT2D eigenvalue weighted by atomic mass is 14.8. The number of hydrogen-bond donors (Lipinski definition) is 1. The van der Waals surface area contributed by atoms with E-state index in [1.54, 1.807) is 6.33 Å². The predicted octanol–water partition coefficient (Wildman–Crippen LogP) is 3.05. The van der Waals surface area contributed by atoms with Crippen LogP contribution in [0.15, 0.2) is 24.2 Å². The van der Waals surface area contributed by atoms with Crippen LogP contribution in [0, 0.1) is 5.92 Å². The normalized spacial score (nSPS) is 17.9. The second-order valence-electron chi connectivity index (χ2n) is 4.97. The molecule has 18 heavy (non-hydrogen) atoms. The van der Waals surface area contributed by atoms with Gasteiger partial charge in [-0.15, -0.1) is 0 Å². The molecule has 0 unspecified atom stereocenters. The molecule has 0 saturated heterocycles. The van der Waals surface area contributed by atoms with Gasteiger partial charge in [-0.05, 0) is 37.4 Å². The molecule has 0 atom stereocenters. The van der Waals surface area contributed by atoms with E-state index in [0.717, 1.165) is 24.7 Å². The van der Waals surface area contributed by atoms with E-state index >= 15 is 0 Å². The van der Waals surface area contributed by atoms with Crippen molar-refractivity contribution >= 4 is 6.08 Å². The molecule has 1 aromatic rings. The summed E-state index contributed by atoms with van der Waals surface area (Å²) in [7, 11) is 0. The first kappa shape index (κ1) is 13.2. The van der Waals surface area contributed by atoms with Crippen LogP contribution in [0.5, 0.6) is 0 Å². The van der Waals surface area contributed by atoms with Crippen molar-refractivity contribution in [2.24, 2.45) is 5.92 Å². The molecule has 1 heterocycles. The van der Waals surface area contributed by atoms with E-state index in [9.17, 15) is 0 Å². The number of hydrogen-bond acceptors (Lipinski definition) is 3. The average Bonchev–Trinajstić information content (AvgIpc) is 2.45. The maximum atomic E-state index is 4.31. The molecule has 3 heteroatoms. The van der Waals surface area contributed by atoms with Crippen molar-refractivity contribution in [2.45, 2.75) is 39.0 Å². The average molecular weight is 245 g/mol. The minimum Gasteiger partial charge on any atom is -0.313 e. The molecule has 98 valence electrons. The monoisotopic (exact) mass is 245 g/mol. The lowest BCUT2D eigenvalue weighted by atomic mass is 9.83. The lowest BCUT2D eigenvalue weighted by Crippen LogP contribution is -2.22. The molecule has 2 rings (SSSR count). The summed E-state index contributed by atoms with van der Waals surface area (Å²) in [5, 5.41) is 3.45. The Kier molecular flexibility index (Phi) is 5.34. The smallest absolute Gasteiger partial charge is 0.115 e. The predicted molar refractivity (Wildman–Crippen MR) is 75.1 cm³/mol. The van der Waals surface area contributed by atoms with E-state index in [0.29, 0.717) is 0 Å². The molecule has 1 aliphatic rings. The van der Waals surface area contributed by atoms with Gasteiger partial charge in [-0.3, -0.25) is 0 Å². The third-order valence-electron chi connectivity index (χ3n) is 3.65. The van der Waals surface area contributed by atoms with Gasteiger partial charge in [-0.1, -0.05) is 31.8 Å². The lowest BCUT2D eigenvalue weighted by molar-refractivity contribution is 0.397. The largest absolute Gasteiger partial charge is 0.313 e. The van der Waals surface area contributed by atoms with Crippen LogP contribution in [0.3, 0.4) is 0 Å². The van der Waals surface area contributed by atoms with Crippen LogP contribution in [-0.2, 0) is 0 Å². The zero-order valence-electron chi connectivity index (χ0n) is 11.2. The van der Waals surface area contributed by atoms with Crippen molar-refractivity contribution in [1.82, 2.24) is 15.3 Å². The Morgan fingerprint density at radius 1 is 1.39 bits per heavy atom.